The molecule has 3 amide bonds. The van der Waals surface area contributed by atoms with E-state index in [1.165, 1.54) is 19.1 Å². The van der Waals surface area contributed by atoms with Crippen molar-refractivity contribution in [1.82, 2.24) is 9.69 Å². The van der Waals surface area contributed by atoms with Crippen molar-refractivity contribution in [2.75, 3.05) is 38.0 Å². The Bertz CT molecular complexity index is 1370. The molecule has 3 aromatic rings. The first-order valence-corrected chi connectivity index (χ1v) is 13.1. The highest BCUT2D eigenvalue weighted by Gasteiger charge is 2.37. The van der Waals surface area contributed by atoms with E-state index in [-0.39, 0.29) is 28.9 Å². The average molecular weight is 554 g/mol. The van der Waals surface area contributed by atoms with E-state index in [4.69, 9.17) is 25.7 Å². The van der Waals surface area contributed by atoms with Gasteiger partial charge in [-0.2, -0.15) is 4.37 Å². The molecule has 4 rings (SSSR count). The largest absolute Gasteiger partial charge is 0.493 e. The Balaban J connectivity index is 1.86. The van der Waals surface area contributed by atoms with E-state index in [0.29, 0.717) is 29.4 Å². The monoisotopic (exact) mass is 553 g/mol. The van der Waals surface area contributed by atoms with Crippen LogP contribution in [0.2, 0.25) is 0 Å². The van der Waals surface area contributed by atoms with Gasteiger partial charge >= 0.3 is 0 Å². The highest BCUT2D eigenvalue weighted by Crippen LogP contribution is 2.37. The fourth-order valence-corrected chi connectivity index (χ4v) is 5.20. The van der Waals surface area contributed by atoms with Gasteiger partial charge in [-0.3, -0.25) is 19.3 Å². The number of ether oxygens (including phenoxy) is 3. The molecule has 2 aromatic carbocycles. The van der Waals surface area contributed by atoms with Crippen molar-refractivity contribution < 1.29 is 28.6 Å². The Kier molecular flexibility index (Phi) is 8.67. The summed E-state index contributed by atoms with van der Waals surface area (Å²) in [7, 11) is 3.00. The number of carbonyl (C=O) groups is 3. The highest BCUT2D eigenvalue weighted by molar-refractivity contribution is 7.09. The number of nitrogen functional groups attached to an aromatic ring is 1. The molecule has 0 aliphatic carbocycles. The Morgan fingerprint density at radius 2 is 1.95 bits per heavy atom. The van der Waals surface area contributed by atoms with Crippen LogP contribution >= 0.6 is 11.5 Å². The van der Waals surface area contributed by atoms with E-state index in [1.807, 2.05) is 13.0 Å². The molecule has 1 aliphatic heterocycles. The summed E-state index contributed by atoms with van der Waals surface area (Å²) in [6.45, 7) is 2.80. The minimum Gasteiger partial charge on any atom is -0.493 e. The van der Waals surface area contributed by atoms with Crippen molar-refractivity contribution in [3.8, 4) is 11.5 Å². The number of hydrogen-bond donors (Lipinski definition) is 3. The Morgan fingerprint density at radius 3 is 2.56 bits per heavy atom. The third-order valence-corrected chi connectivity index (χ3v) is 7.26. The van der Waals surface area contributed by atoms with E-state index in [0.717, 1.165) is 29.9 Å². The van der Waals surface area contributed by atoms with Crippen molar-refractivity contribution >= 4 is 40.6 Å². The SMILES string of the molecule is COc1ccc([C@@H](C(=O)NC[C@@H]2CCCO2)N(C(=O)c2snc(C(N)=O)c2N)c2cccc(C)c2)cc1OC. The Hall–Kier alpha value is -4.16. The first kappa shape index (κ1) is 27.9. The molecule has 2 heterocycles. The van der Waals surface area contributed by atoms with Crippen LogP contribution in [0.3, 0.4) is 0 Å². The quantitative estimate of drug-likeness (QED) is 0.346. The topological polar surface area (TPSA) is 159 Å². The smallest absolute Gasteiger partial charge is 0.273 e. The zero-order valence-corrected chi connectivity index (χ0v) is 22.7. The van der Waals surface area contributed by atoms with Crippen molar-refractivity contribution in [3.63, 3.8) is 0 Å². The van der Waals surface area contributed by atoms with Gasteiger partial charge in [0.15, 0.2) is 17.2 Å². The van der Waals surface area contributed by atoms with Gasteiger partial charge in [-0.25, -0.2) is 0 Å². The summed E-state index contributed by atoms with van der Waals surface area (Å²) in [5.74, 6) is -1.06. The molecule has 2 atom stereocenters. The number of anilines is 2. The lowest BCUT2D eigenvalue weighted by atomic mass is 10.0. The third kappa shape index (κ3) is 5.96. The molecule has 11 nitrogen and oxygen atoms in total. The number of nitrogens with two attached hydrogens (primary N) is 2. The molecule has 12 heteroatoms. The second-order valence-electron chi connectivity index (χ2n) is 9.05. The number of hydrogen-bond acceptors (Lipinski definition) is 9. The van der Waals surface area contributed by atoms with E-state index >= 15 is 0 Å². The van der Waals surface area contributed by atoms with Crippen molar-refractivity contribution in [2.24, 2.45) is 5.73 Å². The first-order chi connectivity index (χ1) is 18.7. The summed E-state index contributed by atoms with van der Waals surface area (Å²) in [6, 6.07) is 11.0. The molecule has 1 fully saturated rings. The second kappa shape index (κ2) is 12.1. The minimum atomic E-state index is -1.15. The number of methoxy groups -OCH3 is 2. The maximum absolute atomic E-state index is 14.2. The summed E-state index contributed by atoms with van der Waals surface area (Å²) >= 11 is 0.748. The molecule has 1 saturated heterocycles. The molecule has 39 heavy (non-hydrogen) atoms. The third-order valence-electron chi connectivity index (χ3n) is 6.41. The Morgan fingerprint density at radius 1 is 1.18 bits per heavy atom. The maximum atomic E-state index is 14.2. The number of carbonyl (C=O) groups excluding carboxylic acids is 3. The van der Waals surface area contributed by atoms with Crippen LogP contribution in [0.15, 0.2) is 42.5 Å². The van der Waals surface area contributed by atoms with Crippen molar-refractivity contribution in [3.05, 3.63) is 64.2 Å². The number of benzene rings is 2. The molecule has 0 radical (unpaired) electrons. The van der Waals surface area contributed by atoms with Crippen molar-refractivity contribution in [2.45, 2.75) is 31.9 Å². The van der Waals surface area contributed by atoms with Crippen LogP contribution in [0.5, 0.6) is 11.5 Å². The van der Waals surface area contributed by atoms with Gasteiger partial charge in [0.1, 0.15) is 10.9 Å². The zero-order chi connectivity index (χ0) is 28.1. The van der Waals surface area contributed by atoms with E-state index in [2.05, 4.69) is 9.69 Å². The van der Waals surface area contributed by atoms with Crippen LogP contribution in [-0.4, -0.2) is 55.6 Å². The molecular weight excluding hydrogens is 522 g/mol. The number of nitrogens with one attached hydrogen (secondary N) is 1. The zero-order valence-electron chi connectivity index (χ0n) is 21.9. The number of aryl methyl sites for hydroxylation is 1. The lowest BCUT2D eigenvalue weighted by molar-refractivity contribution is -0.123. The number of nitrogens with zero attached hydrogens (tertiary/aromatic N) is 2. The molecule has 1 aliphatic rings. The predicted octanol–water partition coefficient (Wildman–Crippen LogP) is 2.83. The fraction of sp³-hybridized carbons (Fsp3) is 0.333. The lowest BCUT2D eigenvalue weighted by Gasteiger charge is -2.32. The summed E-state index contributed by atoms with van der Waals surface area (Å²) in [5, 5.41) is 2.95. The summed E-state index contributed by atoms with van der Waals surface area (Å²) in [6.07, 6.45) is 1.63. The minimum absolute atomic E-state index is 0.0114. The fourth-order valence-electron chi connectivity index (χ4n) is 4.46. The van der Waals surface area contributed by atoms with Gasteiger partial charge in [0.05, 0.1) is 26.0 Å². The first-order valence-electron chi connectivity index (χ1n) is 12.3. The van der Waals surface area contributed by atoms with Gasteiger partial charge in [0, 0.05) is 18.8 Å². The maximum Gasteiger partial charge on any atom is 0.273 e. The van der Waals surface area contributed by atoms with Gasteiger partial charge in [0.25, 0.3) is 11.8 Å². The molecule has 5 N–H and O–H groups in total. The van der Waals surface area contributed by atoms with Crippen molar-refractivity contribution in [1.29, 1.82) is 0 Å². The van der Waals surface area contributed by atoms with Crippen LogP contribution < -0.4 is 31.2 Å². The van der Waals surface area contributed by atoms with E-state index < -0.39 is 23.8 Å². The molecule has 206 valence electrons. The molecular formula is C27H31N5O6S. The normalized spacial score (nSPS) is 15.4. The molecule has 0 bridgehead atoms. The van der Waals surface area contributed by atoms with Gasteiger partial charge in [-0.05, 0) is 66.7 Å². The van der Waals surface area contributed by atoms with Crippen LogP contribution in [0.25, 0.3) is 0 Å². The van der Waals surface area contributed by atoms with Crippen LogP contribution in [-0.2, 0) is 9.53 Å². The van der Waals surface area contributed by atoms with Crippen LogP contribution in [0, 0.1) is 6.92 Å². The summed E-state index contributed by atoms with van der Waals surface area (Å²) in [4.78, 5) is 41.2. The average Bonchev–Trinajstić information content (AvgIpc) is 3.59. The van der Waals surface area contributed by atoms with Gasteiger partial charge in [-0.1, -0.05) is 18.2 Å². The lowest BCUT2D eigenvalue weighted by Crippen LogP contribution is -2.45. The molecule has 0 spiro atoms. The predicted molar refractivity (Wildman–Crippen MR) is 147 cm³/mol. The van der Waals surface area contributed by atoms with Gasteiger partial charge in [-0.15, -0.1) is 0 Å². The summed E-state index contributed by atoms with van der Waals surface area (Å²) < 4.78 is 20.5. The molecule has 0 saturated carbocycles. The van der Waals surface area contributed by atoms with Gasteiger partial charge in [0.2, 0.25) is 5.91 Å². The number of rotatable bonds is 10. The van der Waals surface area contributed by atoms with Gasteiger partial charge < -0.3 is 31.0 Å². The molecule has 0 unspecified atom stereocenters. The molecule has 1 aromatic heterocycles. The second-order valence-corrected chi connectivity index (χ2v) is 9.82. The van der Waals surface area contributed by atoms with E-state index in [9.17, 15) is 14.4 Å². The number of amides is 3. The van der Waals surface area contributed by atoms with Crippen LogP contribution in [0.4, 0.5) is 11.4 Å². The van der Waals surface area contributed by atoms with Crippen LogP contribution in [0.1, 0.15) is 50.2 Å². The van der Waals surface area contributed by atoms with E-state index in [1.54, 1.807) is 36.4 Å². The highest BCUT2D eigenvalue weighted by atomic mass is 32.1. The standard InChI is InChI=1S/C27H31N5O6S/c1-15-6-4-7-17(12-15)32(27(35)24-21(28)22(25(29)33)31-39-24)23(26(34)30-14-18-8-5-11-38-18)16-9-10-19(36-2)20(13-16)37-3/h4,6-7,9-10,12-13,18,23H,5,8,11,14,28H2,1-3H3,(H2,29,33)(H,30,34)/t18-,23-/m0/s1. The Labute approximate surface area is 230 Å². The summed E-state index contributed by atoms with van der Waals surface area (Å²) in [5.41, 5.74) is 13.0. The number of aromatic nitrogens is 1. The number of primary amides is 1.